The molecule has 0 saturated carbocycles. The lowest BCUT2D eigenvalue weighted by Crippen LogP contribution is -2.28. The Bertz CT molecular complexity index is 3010. The van der Waals surface area contributed by atoms with Crippen LogP contribution in [0.25, 0.3) is 60.6 Å². The first-order valence-electron chi connectivity index (χ1n) is 17.9. The first kappa shape index (κ1) is 34.1. The van der Waals surface area contributed by atoms with Crippen molar-refractivity contribution in [1.82, 2.24) is 9.88 Å². The smallest absolute Gasteiger partial charge is 0.208 e. The molecule has 0 bridgehead atoms. The SMILES string of the molecule is CC(=NC(NC(=N)c1ccccc1)c1ccccc1)c1cccc2c1oc1cc(-n3c4ccccc4c4c(-c5c(O)c(O)c(O)c(O)c5O)cccc43)ccc12. The molecule has 0 aliphatic heterocycles. The molecular formula is C46H34N4O6. The molecule has 0 radical (unpaired) electrons. The summed E-state index contributed by atoms with van der Waals surface area (Å²) in [5.74, 6) is -4.16. The van der Waals surface area contributed by atoms with Gasteiger partial charge in [0.2, 0.25) is 17.2 Å². The van der Waals surface area contributed by atoms with E-state index in [1.807, 2.05) is 139 Å². The van der Waals surface area contributed by atoms with Crippen molar-refractivity contribution >= 4 is 55.3 Å². The van der Waals surface area contributed by atoms with Crippen LogP contribution in [0.4, 0.5) is 0 Å². The molecule has 0 fully saturated rings. The van der Waals surface area contributed by atoms with Gasteiger partial charge in [0.15, 0.2) is 11.5 Å². The van der Waals surface area contributed by atoms with Gasteiger partial charge in [0.05, 0.1) is 16.6 Å². The summed E-state index contributed by atoms with van der Waals surface area (Å²) in [6.45, 7) is 1.94. The number of amidine groups is 1. The maximum Gasteiger partial charge on any atom is 0.208 e. The van der Waals surface area contributed by atoms with Gasteiger partial charge >= 0.3 is 0 Å². The van der Waals surface area contributed by atoms with Gasteiger partial charge in [-0.25, -0.2) is 0 Å². The second kappa shape index (κ2) is 13.3. The summed E-state index contributed by atoms with van der Waals surface area (Å²) in [4.78, 5) is 5.11. The van der Waals surface area contributed by atoms with Gasteiger partial charge in [0, 0.05) is 50.1 Å². The Hall–Kier alpha value is -7.72. The third-order valence-corrected chi connectivity index (χ3v) is 10.2. The quantitative estimate of drug-likeness (QED) is 0.0370. The summed E-state index contributed by atoms with van der Waals surface area (Å²) in [5.41, 5.74) is 6.97. The zero-order valence-corrected chi connectivity index (χ0v) is 29.9. The van der Waals surface area contributed by atoms with Crippen molar-refractivity contribution in [2.75, 3.05) is 0 Å². The summed E-state index contributed by atoms with van der Waals surface area (Å²) >= 11 is 0. The third kappa shape index (κ3) is 5.42. The minimum Gasteiger partial charge on any atom is -0.504 e. The largest absolute Gasteiger partial charge is 0.504 e. The number of hydrogen-bond acceptors (Lipinski definition) is 8. The fraction of sp³-hybridized carbons (Fsp3) is 0.0435. The minimum absolute atomic E-state index is 0.217. The Balaban J connectivity index is 1.17. The second-order valence-corrected chi connectivity index (χ2v) is 13.5. The van der Waals surface area contributed by atoms with E-state index in [2.05, 4.69) is 5.32 Å². The van der Waals surface area contributed by atoms with Gasteiger partial charge in [-0.1, -0.05) is 103 Å². The molecule has 2 heterocycles. The summed E-state index contributed by atoms with van der Waals surface area (Å²) in [5, 5.41) is 68.0. The second-order valence-electron chi connectivity index (χ2n) is 13.5. The van der Waals surface area contributed by atoms with Crippen molar-refractivity contribution < 1.29 is 29.9 Å². The van der Waals surface area contributed by atoms with Crippen LogP contribution in [-0.4, -0.2) is 41.6 Å². The van der Waals surface area contributed by atoms with E-state index >= 15 is 0 Å². The van der Waals surface area contributed by atoms with E-state index in [1.165, 1.54) is 0 Å². The molecule has 1 unspecified atom stereocenters. The maximum absolute atomic E-state index is 10.9. The summed E-state index contributed by atoms with van der Waals surface area (Å²) in [7, 11) is 0. The number of phenols is 5. The fourth-order valence-electron chi connectivity index (χ4n) is 7.57. The number of aromatic hydroxyl groups is 5. The third-order valence-electron chi connectivity index (χ3n) is 10.2. The first-order chi connectivity index (χ1) is 27.2. The molecule has 0 spiro atoms. The molecule has 0 aliphatic rings. The highest BCUT2D eigenvalue weighted by Crippen LogP contribution is 2.56. The van der Waals surface area contributed by atoms with Gasteiger partial charge in [-0.3, -0.25) is 10.4 Å². The van der Waals surface area contributed by atoms with E-state index in [4.69, 9.17) is 14.8 Å². The van der Waals surface area contributed by atoms with Crippen LogP contribution in [0.3, 0.4) is 0 Å². The number of rotatable bonds is 7. The van der Waals surface area contributed by atoms with Crippen LogP contribution in [0.2, 0.25) is 0 Å². The van der Waals surface area contributed by atoms with Crippen molar-refractivity contribution in [2.24, 2.45) is 4.99 Å². The topological polar surface area (TPSA) is 167 Å². The molecule has 1 atom stereocenters. The number of fused-ring (bicyclic) bond motifs is 6. The van der Waals surface area contributed by atoms with E-state index in [0.717, 1.165) is 49.8 Å². The Morgan fingerprint density at radius 3 is 2.02 bits per heavy atom. The predicted molar refractivity (Wildman–Crippen MR) is 220 cm³/mol. The predicted octanol–water partition coefficient (Wildman–Crippen LogP) is 10.0. The molecule has 10 nitrogen and oxygen atoms in total. The van der Waals surface area contributed by atoms with Gasteiger partial charge in [-0.15, -0.1) is 0 Å². The maximum atomic E-state index is 10.9. The number of para-hydroxylation sites is 2. The highest BCUT2D eigenvalue weighted by atomic mass is 16.4. The monoisotopic (exact) mass is 738 g/mol. The first-order valence-corrected chi connectivity index (χ1v) is 17.9. The number of nitrogens with one attached hydrogen (secondary N) is 2. The van der Waals surface area contributed by atoms with Gasteiger partial charge in [0.25, 0.3) is 0 Å². The van der Waals surface area contributed by atoms with Crippen LogP contribution in [-0.2, 0) is 0 Å². The molecule has 56 heavy (non-hydrogen) atoms. The molecule has 7 N–H and O–H groups in total. The zero-order chi connectivity index (χ0) is 38.7. The number of furan rings is 1. The van der Waals surface area contributed by atoms with E-state index in [0.29, 0.717) is 27.6 Å². The van der Waals surface area contributed by atoms with E-state index in [9.17, 15) is 25.5 Å². The van der Waals surface area contributed by atoms with Crippen LogP contribution < -0.4 is 5.32 Å². The average molecular weight is 739 g/mol. The van der Waals surface area contributed by atoms with Gasteiger partial charge in [-0.2, -0.15) is 0 Å². The number of hydrogen-bond donors (Lipinski definition) is 7. The molecule has 0 saturated heterocycles. The Labute approximate surface area is 319 Å². The Morgan fingerprint density at radius 1 is 0.643 bits per heavy atom. The molecule has 9 aromatic rings. The molecule has 7 aromatic carbocycles. The lowest BCUT2D eigenvalue weighted by Gasteiger charge is -2.18. The van der Waals surface area contributed by atoms with Crippen molar-refractivity contribution in [3.05, 3.63) is 156 Å². The molecular weight excluding hydrogens is 705 g/mol. The van der Waals surface area contributed by atoms with Crippen LogP contribution >= 0.6 is 0 Å². The van der Waals surface area contributed by atoms with Gasteiger partial charge < -0.3 is 39.8 Å². The fourth-order valence-corrected chi connectivity index (χ4v) is 7.57. The summed E-state index contributed by atoms with van der Waals surface area (Å²) in [6.07, 6.45) is -0.534. The van der Waals surface area contributed by atoms with Crippen molar-refractivity contribution in [2.45, 2.75) is 13.1 Å². The molecule has 0 aliphatic carbocycles. The standard InChI is InChI=1S/C46H34N4O6/c1-25(48-46(27-14-6-3-7-15-27)49-45(47)26-12-4-2-5-13-26)29-17-10-18-31-30-23-22-28(24-36(30)56-44(29)31)50-34-20-9-8-16-32(34)37-33(19-11-21-35(37)50)38-39(51)41(53)43(55)42(54)40(38)52/h2-24,46,51-55H,1H3,(H2,47,49). The van der Waals surface area contributed by atoms with E-state index < -0.39 is 34.9 Å². The minimum atomic E-state index is -1.02. The highest BCUT2D eigenvalue weighted by Gasteiger charge is 2.27. The number of aromatic nitrogens is 1. The normalized spacial score (nSPS) is 12.5. The van der Waals surface area contributed by atoms with Crippen molar-refractivity contribution in [3.63, 3.8) is 0 Å². The number of nitrogens with zero attached hydrogens (tertiary/aromatic N) is 2. The lowest BCUT2D eigenvalue weighted by atomic mass is 9.96. The molecule has 9 rings (SSSR count). The van der Waals surface area contributed by atoms with Crippen molar-refractivity contribution in [3.8, 4) is 45.6 Å². The number of benzene rings is 7. The van der Waals surface area contributed by atoms with Gasteiger partial charge in [-0.05, 0) is 48.4 Å². The average Bonchev–Trinajstić information content (AvgIpc) is 3.78. The van der Waals surface area contributed by atoms with Crippen LogP contribution in [0, 0.1) is 5.41 Å². The zero-order valence-electron chi connectivity index (χ0n) is 29.9. The van der Waals surface area contributed by atoms with Crippen LogP contribution in [0.5, 0.6) is 28.7 Å². The van der Waals surface area contributed by atoms with Crippen LogP contribution in [0.15, 0.2) is 149 Å². The molecule has 274 valence electrons. The Kier molecular flexibility index (Phi) is 8.09. The summed E-state index contributed by atoms with van der Waals surface area (Å²) in [6, 6.07) is 44.3. The molecule has 10 heteroatoms. The Morgan fingerprint density at radius 2 is 1.27 bits per heavy atom. The lowest BCUT2D eigenvalue weighted by molar-refractivity contribution is 0.330. The number of phenolic OH excluding ortho intramolecular Hbond substituents is 5. The molecule has 2 aromatic heterocycles. The number of aliphatic imine (C=N–C) groups is 1. The van der Waals surface area contributed by atoms with Gasteiger partial charge in [0.1, 0.15) is 23.2 Å². The molecule has 0 amide bonds. The van der Waals surface area contributed by atoms with E-state index in [-0.39, 0.29) is 11.4 Å². The summed E-state index contributed by atoms with van der Waals surface area (Å²) < 4.78 is 8.71. The van der Waals surface area contributed by atoms with E-state index in [1.54, 1.807) is 12.1 Å². The van der Waals surface area contributed by atoms with Crippen molar-refractivity contribution in [1.29, 1.82) is 5.41 Å². The highest BCUT2D eigenvalue weighted by molar-refractivity contribution is 6.18. The van der Waals surface area contributed by atoms with Crippen LogP contribution in [0.1, 0.15) is 29.8 Å².